The lowest BCUT2D eigenvalue weighted by Crippen LogP contribution is -2.18. The number of para-hydroxylation sites is 1. The zero-order chi connectivity index (χ0) is 13.6. The predicted octanol–water partition coefficient (Wildman–Crippen LogP) is 2.87. The molecule has 0 saturated heterocycles. The van der Waals surface area contributed by atoms with Gasteiger partial charge in [-0.15, -0.1) is 0 Å². The van der Waals surface area contributed by atoms with E-state index in [9.17, 15) is 10.2 Å². The summed E-state index contributed by atoms with van der Waals surface area (Å²) in [6.45, 7) is 10.7. The van der Waals surface area contributed by atoms with Gasteiger partial charge >= 0.3 is 0 Å². The summed E-state index contributed by atoms with van der Waals surface area (Å²) < 4.78 is 0. The van der Waals surface area contributed by atoms with Gasteiger partial charge in [0.05, 0.1) is 0 Å². The van der Waals surface area contributed by atoms with Crippen molar-refractivity contribution in [2.24, 2.45) is 16.7 Å². The summed E-state index contributed by atoms with van der Waals surface area (Å²) in [5.74, 6) is 0.588. The van der Waals surface area contributed by atoms with E-state index in [1.807, 2.05) is 6.07 Å². The first-order chi connectivity index (χ1) is 8.28. The normalized spacial score (nSPS) is 20.9. The van der Waals surface area contributed by atoms with Crippen molar-refractivity contribution in [3.63, 3.8) is 0 Å². The SMILES string of the molecule is CC1(C)C(CNCc2cccc(O)c2O)C1(C)C. The number of hydrogen-bond acceptors (Lipinski definition) is 3. The Labute approximate surface area is 109 Å². The van der Waals surface area contributed by atoms with Crippen LogP contribution in [0.2, 0.25) is 0 Å². The summed E-state index contributed by atoms with van der Waals surface area (Å²) in [7, 11) is 0. The number of nitrogens with one attached hydrogen (secondary N) is 1. The van der Waals surface area contributed by atoms with E-state index in [2.05, 4.69) is 33.0 Å². The summed E-state index contributed by atoms with van der Waals surface area (Å²) in [6.07, 6.45) is 0. The molecule has 3 N–H and O–H groups in total. The number of aromatic hydroxyl groups is 2. The van der Waals surface area contributed by atoms with Gasteiger partial charge in [0.2, 0.25) is 0 Å². The highest BCUT2D eigenvalue weighted by atomic mass is 16.3. The Morgan fingerprint density at radius 3 is 2.28 bits per heavy atom. The van der Waals surface area contributed by atoms with Crippen molar-refractivity contribution in [3.8, 4) is 11.5 Å². The maximum atomic E-state index is 9.69. The third-order valence-electron chi connectivity index (χ3n) is 5.08. The zero-order valence-electron chi connectivity index (χ0n) is 11.6. The number of hydrogen-bond donors (Lipinski definition) is 3. The lowest BCUT2D eigenvalue weighted by Gasteiger charge is -2.08. The summed E-state index contributed by atoms with van der Waals surface area (Å²) in [6, 6.07) is 5.06. The van der Waals surface area contributed by atoms with Crippen LogP contribution in [0.5, 0.6) is 11.5 Å². The minimum absolute atomic E-state index is 0.0145. The van der Waals surface area contributed by atoms with E-state index < -0.39 is 0 Å². The second kappa shape index (κ2) is 4.16. The lowest BCUT2D eigenvalue weighted by molar-refractivity contribution is 0.397. The van der Waals surface area contributed by atoms with E-state index in [1.165, 1.54) is 6.07 Å². The van der Waals surface area contributed by atoms with Crippen molar-refractivity contribution in [1.82, 2.24) is 5.32 Å². The van der Waals surface area contributed by atoms with Crippen molar-refractivity contribution in [3.05, 3.63) is 23.8 Å². The minimum atomic E-state index is -0.0543. The van der Waals surface area contributed by atoms with Gasteiger partial charge in [-0.1, -0.05) is 39.8 Å². The summed E-state index contributed by atoms with van der Waals surface area (Å²) in [5.41, 5.74) is 1.49. The van der Waals surface area contributed by atoms with Crippen molar-refractivity contribution in [2.75, 3.05) is 6.54 Å². The number of phenolic OH excluding ortho intramolecular Hbond substituents is 2. The maximum absolute atomic E-state index is 9.69. The predicted molar refractivity (Wildman–Crippen MR) is 72.5 cm³/mol. The van der Waals surface area contributed by atoms with Gasteiger partial charge < -0.3 is 15.5 Å². The monoisotopic (exact) mass is 249 g/mol. The van der Waals surface area contributed by atoms with Gasteiger partial charge in [-0.25, -0.2) is 0 Å². The number of rotatable bonds is 4. The molecule has 1 aromatic rings. The third-order valence-corrected chi connectivity index (χ3v) is 5.08. The number of benzene rings is 1. The van der Waals surface area contributed by atoms with Crippen LogP contribution in [-0.4, -0.2) is 16.8 Å². The summed E-state index contributed by atoms with van der Waals surface area (Å²) >= 11 is 0. The average molecular weight is 249 g/mol. The van der Waals surface area contributed by atoms with Gasteiger partial charge in [-0.3, -0.25) is 0 Å². The van der Waals surface area contributed by atoms with Crippen molar-refractivity contribution in [2.45, 2.75) is 34.2 Å². The Bertz CT molecular complexity index is 438. The standard InChI is InChI=1S/C15H23NO2/c1-14(2)12(15(14,3)4)9-16-8-10-6-5-7-11(17)13(10)18/h5-7,12,16-18H,8-9H2,1-4H3. The topological polar surface area (TPSA) is 52.5 Å². The van der Waals surface area contributed by atoms with Gasteiger partial charge in [-0.2, -0.15) is 0 Å². The highest BCUT2D eigenvalue weighted by molar-refractivity contribution is 5.44. The first-order valence-corrected chi connectivity index (χ1v) is 6.49. The highest BCUT2D eigenvalue weighted by Gasteiger charge is 2.63. The molecule has 0 bridgehead atoms. The second-order valence-electron chi connectivity index (χ2n) is 6.41. The molecule has 1 saturated carbocycles. The molecule has 0 heterocycles. The van der Waals surface area contributed by atoms with Crippen LogP contribution in [0.15, 0.2) is 18.2 Å². The van der Waals surface area contributed by atoms with Crippen LogP contribution in [-0.2, 0) is 6.54 Å². The molecule has 0 radical (unpaired) electrons. The van der Waals surface area contributed by atoms with E-state index in [0.29, 0.717) is 23.3 Å². The molecular formula is C15H23NO2. The molecule has 1 aliphatic rings. The Kier molecular flexibility index (Phi) is 3.06. The van der Waals surface area contributed by atoms with E-state index in [-0.39, 0.29) is 11.5 Å². The molecule has 3 heteroatoms. The molecule has 100 valence electrons. The number of phenols is 2. The quantitative estimate of drug-likeness (QED) is 0.719. The van der Waals surface area contributed by atoms with Crippen LogP contribution in [0.25, 0.3) is 0 Å². The molecule has 0 atom stereocenters. The van der Waals surface area contributed by atoms with Gasteiger partial charge in [0.15, 0.2) is 11.5 Å². The molecule has 18 heavy (non-hydrogen) atoms. The molecule has 0 unspecified atom stereocenters. The van der Waals surface area contributed by atoms with Gasteiger partial charge in [-0.05, 0) is 29.4 Å². The van der Waals surface area contributed by atoms with Crippen LogP contribution in [0.3, 0.4) is 0 Å². The molecule has 0 aliphatic heterocycles. The average Bonchev–Trinajstić information content (AvgIpc) is 2.66. The van der Waals surface area contributed by atoms with Crippen LogP contribution in [0.1, 0.15) is 33.3 Å². The highest BCUT2D eigenvalue weighted by Crippen LogP contribution is 2.67. The fourth-order valence-electron chi connectivity index (χ4n) is 2.92. The summed E-state index contributed by atoms with van der Waals surface area (Å²) in [5, 5.41) is 22.5. The molecule has 1 fully saturated rings. The molecule has 1 aromatic carbocycles. The Hall–Kier alpha value is -1.22. The molecule has 0 aromatic heterocycles. The van der Waals surface area contributed by atoms with Crippen molar-refractivity contribution in [1.29, 1.82) is 0 Å². The largest absolute Gasteiger partial charge is 0.504 e. The van der Waals surface area contributed by atoms with Crippen molar-refractivity contribution < 1.29 is 10.2 Å². The lowest BCUT2D eigenvalue weighted by atomic mass is 10.0. The minimum Gasteiger partial charge on any atom is -0.504 e. The summed E-state index contributed by atoms with van der Waals surface area (Å²) in [4.78, 5) is 0. The van der Waals surface area contributed by atoms with Crippen molar-refractivity contribution >= 4 is 0 Å². The Morgan fingerprint density at radius 1 is 1.11 bits per heavy atom. The van der Waals surface area contributed by atoms with Crippen LogP contribution in [0.4, 0.5) is 0 Å². The van der Waals surface area contributed by atoms with E-state index in [4.69, 9.17) is 0 Å². The molecule has 2 rings (SSSR count). The van der Waals surface area contributed by atoms with Gasteiger partial charge in [0.1, 0.15) is 0 Å². The third kappa shape index (κ3) is 1.97. The second-order valence-corrected chi connectivity index (χ2v) is 6.41. The molecule has 0 amide bonds. The molecule has 3 nitrogen and oxygen atoms in total. The zero-order valence-corrected chi connectivity index (χ0v) is 11.6. The molecule has 0 spiro atoms. The fourth-order valence-corrected chi connectivity index (χ4v) is 2.92. The maximum Gasteiger partial charge on any atom is 0.161 e. The Morgan fingerprint density at radius 2 is 1.72 bits per heavy atom. The van der Waals surface area contributed by atoms with E-state index in [0.717, 1.165) is 12.1 Å². The molecular weight excluding hydrogens is 226 g/mol. The first-order valence-electron chi connectivity index (χ1n) is 6.49. The van der Waals surface area contributed by atoms with E-state index >= 15 is 0 Å². The smallest absolute Gasteiger partial charge is 0.161 e. The van der Waals surface area contributed by atoms with E-state index in [1.54, 1.807) is 6.07 Å². The van der Waals surface area contributed by atoms with Gasteiger partial charge in [0.25, 0.3) is 0 Å². The van der Waals surface area contributed by atoms with Crippen LogP contribution >= 0.6 is 0 Å². The first kappa shape index (κ1) is 13.2. The molecule has 1 aliphatic carbocycles. The Balaban J connectivity index is 1.89. The van der Waals surface area contributed by atoms with Gasteiger partial charge in [0, 0.05) is 12.1 Å². The van der Waals surface area contributed by atoms with Crippen LogP contribution < -0.4 is 5.32 Å². The fraction of sp³-hybridized carbons (Fsp3) is 0.600. The van der Waals surface area contributed by atoms with Crippen LogP contribution in [0, 0.1) is 16.7 Å².